The van der Waals surface area contributed by atoms with Gasteiger partial charge in [-0.25, -0.2) is 18.4 Å². The molecular weight excluding hydrogens is 452 g/mol. The van der Waals surface area contributed by atoms with Gasteiger partial charge in [0, 0.05) is 42.1 Å². The van der Waals surface area contributed by atoms with Crippen molar-refractivity contribution >= 4 is 43.9 Å². The number of anilines is 4. The van der Waals surface area contributed by atoms with Crippen LogP contribution < -0.4 is 14.9 Å². The summed E-state index contributed by atoms with van der Waals surface area (Å²) in [6.45, 7) is 4.79. The molecule has 34 heavy (non-hydrogen) atoms. The first-order valence-electron chi connectivity index (χ1n) is 10.9. The highest BCUT2D eigenvalue weighted by molar-refractivity contribution is 7.93. The van der Waals surface area contributed by atoms with Gasteiger partial charge in [-0.3, -0.25) is 9.71 Å². The van der Waals surface area contributed by atoms with E-state index in [-0.39, 0.29) is 4.90 Å². The van der Waals surface area contributed by atoms with Gasteiger partial charge >= 0.3 is 0 Å². The van der Waals surface area contributed by atoms with Crippen molar-refractivity contribution in [3.8, 4) is 0 Å². The SMILES string of the molecule is Cc1nc(Nc2ccc(NS(=O)(=O)c3cccc4cccnc34)cc2)cc(N2CCOCC2)n1. The topological polar surface area (TPSA) is 109 Å². The highest BCUT2D eigenvalue weighted by Gasteiger charge is 2.18. The van der Waals surface area contributed by atoms with Gasteiger partial charge in [0.15, 0.2) is 0 Å². The number of fused-ring (bicyclic) bond motifs is 1. The zero-order chi connectivity index (χ0) is 23.5. The second kappa shape index (κ2) is 9.24. The molecule has 0 bridgehead atoms. The van der Waals surface area contributed by atoms with Crippen LogP contribution in [0.5, 0.6) is 0 Å². The third-order valence-corrected chi connectivity index (χ3v) is 6.87. The Labute approximate surface area is 197 Å². The summed E-state index contributed by atoms with van der Waals surface area (Å²) in [5.74, 6) is 2.19. The van der Waals surface area contributed by atoms with Crippen LogP contribution in [0, 0.1) is 6.92 Å². The molecule has 4 aromatic rings. The van der Waals surface area contributed by atoms with Crippen LogP contribution in [0.3, 0.4) is 0 Å². The summed E-state index contributed by atoms with van der Waals surface area (Å²) >= 11 is 0. The molecule has 0 aliphatic carbocycles. The number of aromatic nitrogens is 3. The molecule has 0 saturated carbocycles. The Hall–Kier alpha value is -3.76. The minimum Gasteiger partial charge on any atom is -0.378 e. The molecule has 5 rings (SSSR count). The van der Waals surface area contributed by atoms with Crippen LogP contribution in [-0.4, -0.2) is 49.7 Å². The predicted molar refractivity (Wildman–Crippen MR) is 132 cm³/mol. The first-order chi connectivity index (χ1) is 16.5. The standard InChI is InChI=1S/C24H24N6O3S/c1-17-26-22(16-23(27-17)30-12-14-33-15-13-30)28-19-7-9-20(10-8-19)29-34(31,32)21-6-2-4-18-5-3-11-25-24(18)21/h2-11,16,29H,12-15H2,1H3,(H,26,27,28). The molecule has 1 fully saturated rings. The number of hydrogen-bond acceptors (Lipinski definition) is 8. The highest BCUT2D eigenvalue weighted by atomic mass is 32.2. The van der Waals surface area contributed by atoms with Gasteiger partial charge < -0.3 is 15.0 Å². The maximum Gasteiger partial charge on any atom is 0.264 e. The van der Waals surface area contributed by atoms with Gasteiger partial charge in [0.2, 0.25) is 0 Å². The summed E-state index contributed by atoms with van der Waals surface area (Å²) in [7, 11) is -3.80. The zero-order valence-electron chi connectivity index (χ0n) is 18.6. The van der Waals surface area contributed by atoms with Gasteiger partial charge in [0.05, 0.1) is 18.7 Å². The van der Waals surface area contributed by atoms with Crippen LogP contribution in [0.4, 0.5) is 23.0 Å². The normalized spacial score (nSPS) is 14.2. The minimum atomic E-state index is -3.80. The number of nitrogens with zero attached hydrogens (tertiary/aromatic N) is 4. The molecule has 1 aliphatic heterocycles. The van der Waals surface area contributed by atoms with E-state index in [1.807, 2.05) is 25.1 Å². The Balaban J connectivity index is 1.33. The Bertz CT molecular complexity index is 1420. The number of ether oxygens (including phenoxy) is 1. The molecule has 1 aliphatic rings. The Morgan fingerprint density at radius 3 is 2.47 bits per heavy atom. The average molecular weight is 477 g/mol. The molecule has 0 spiro atoms. The number of pyridine rings is 1. The minimum absolute atomic E-state index is 0.139. The third kappa shape index (κ3) is 4.78. The molecule has 0 atom stereocenters. The molecule has 174 valence electrons. The van der Waals surface area contributed by atoms with E-state index >= 15 is 0 Å². The van der Waals surface area contributed by atoms with Crippen LogP contribution in [0.1, 0.15) is 5.82 Å². The zero-order valence-corrected chi connectivity index (χ0v) is 19.4. The predicted octanol–water partition coefficient (Wildman–Crippen LogP) is 3.71. The van der Waals surface area contributed by atoms with Crippen molar-refractivity contribution in [1.82, 2.24) is 15.0 Å². The summed E-state index contributed by atoms with van der Waals surface area (Å²) in [5.41, 5.74) is 1.66. The lowest BCUT2D eigenvalue weighted by molar-refractivity contribution is 0.122. The lowest BCUT2D eigenvalue weighted by Gasteiger charge is -2.28. The van der Waals surface area contributed by atoms with Gasteiger partial charge in [0.25, 0.3) is 10.0 Å². The fourth-order valence-corrected chi connectivity index (χ4v) is 5.08. The molecule has 3 heterocycles. The number of rotatable bonds is 6. The number of benzene rings is 2. The molecule has 2 aromatic carbocycles. The number of hydrogen-bond donors (Lipinski definition) is 2. The fourth-order valence-electron chi connectivity index (χ4n) is 3.84. The Morgan fingerprint density at radius 1 is 0.941 bits per heavy atom. The lowest BCUT2D eigenvalue weighted by atomic mass is 10.2. The molecule has 2 N–H and O–H groups in total. The summed E-state index contributed by atoms with van der Waals surface area (Å²) in [6, 6.07) is 17.6. The Kier molecular flexibility index (Phi) is 5.99. The highest BCUT2D eigenvalue weighted by Crippen LogP contribution is 2.25. The van der Waals surface area contributed by atoms with Crippen molar-refractivity contribution < 1.29 is 13.2 Å². The number of para-hydroxylation sites is 1. The van der Waals surface area contributed by atoms with Crippen molar-refractivity contribution in [3.05, 3.63) is 72.7 Å². The van der Waals surface area contributed by atoms with E-state index in [0.29, 0.717) is 36.1 Å². The summed E-state index contributed by atoms with van der Waals surface area (Å²) < 4.78 is 34.1. The van der Waals surface area contributed by atoms with Gasteiger partial charge in [-0.05, 0) is 43.3 Å². The average Bonchev–Trinajstić information content (AvgIpc) is 2.85. The van der Waals surface area contributed by atoms with E-state index in [9.17, 15) is 8.42 Å². The summed E-state index contributed by atoms with van der Waals surface area (Å²) in [6.07, 6.45) is 1.58. The maximum atomic E-state index is 13.0. The van der Waals surface area contributed by atoms with Crippen LogP contribution in [0.2, 0.25) is 0 Å². The number of nitrogens with one attached hydrogen (secondary N) is 2. The molecule has 9 nitrogen and oxygen atoms in total. The summed E-state index contributed by atoms with van der Waals surface area (Å²) in [5, 5.41) is 4.04. The largest absolute Gasteiger partial charge is 0.378 e. The van der Waals surface area contributed by atoms with E-state index in [4.69, 9.17) is 4.74 Å². The van der Waals surface area contributed by atoms with Gasteiger partial charge in [-0.15, -0.1) is 0 Å². The lowest BCUT2D eigenvalue weighted by Crippen LogP contribution is -2.36. The van der Waals surface area contributed by atoms with Crippen LogP contribution in [-0.2, 0) is 14.8 Å². The fraction of sp³-hybridized carbons (Fsp3) is 0.208. The first kappa shape index (κ1) is 22.1. The molecule has 0 unspecified atom stereocenters. The molecule has 0 amide bonds. The first-order valence-corrected chi connectivity index (χ1v) is 12.4. The van der Waals surface area contributed by atoms with Gasteiger partial charge in [-0.1, -0.05) is 18.2 Å². The summed E-state index contributed by atoms with van der Waals surface area (Å²) in [4.78, 5) is 15.6. The number of sulfonamides is 1. The van der Waals surface area contributed by atoms with Crippen LogP contribution in [0.15, 0.2) is 71.8 Å². The van der Waals surface area contributed by atoms with Crippen molar-refractivity contribution in [2.75, 3.05) is 41.2 Å². The second-order valence-corrected chi connectivity index (χ2v) is 9.55. The van der Waals surface area contributed by atoms with Crippen molar-refractivity contribution in [2.45, 2.75) is 11.8 Å². The second-order valence-electron chi connectivity index (χ2n) is 7.90. The van der Waals surface area contributed by atoms with Crippen molar-refractivity contribution in [1.29, 1.82) is 0 Å². The van der Waals surface area contributed by atoms with E-state index in [0.717, 1.165) is 30.0 Å². The smallest absolute Gasteiger partial charge is 0.264 e. The monoisotopic (exact) mass is 476 g/mol. The third-order valence-electron chi connectivity index (χ3n) is 5.45. The maximum absolute atomic E-state index is 13.0. The molecule has 1 saturated heterocycles. The van der Waals surface area contributed by atoms with Gasteiger partial charge in [0.1, 0.15) is 22.4 Å². The van der Waals surface area contributed by atoms with Crippen LogP contribution in [0.25, 0.3) is 10.9 Å². The van der Waals surface area contributed by atoms with Crippen molar-refractivity contribution in [2.24, 2.45) is 0 Å². The van der Waals surface area contributed by atoms with E-state index in [1.54, 1.807) is 48.7 Å². The molecular formula is C24H24N6O3S. The number of morpholine rings is 1. The molecule has 0 radical (unpaired) electrons. The van der Waals surface area contributed by atoms with Crippen molar-refractivity contribution in [3.63, 3.8) is 0 Å². The Morgan fingerprint density at radius 2 is 1.68 bits per heavy atom. The molecule has 2 aromatic heterocycles. The quantitative estimate of drug-likeness (QED) is 0.433. The van der Waals surface area contributed by atoms with E-state index in [1.165, 1.54) is 0 Å². The van der Waals surface area contributed by atoms with E-state index < -0.39 is 10.0 Å². The molecule has 10 heteroatoms. The van der Waals surface area contributed by atoms with Gasteiger partial charge in [-0.2, -0.15) is 0 Å². The number of aryl methyl sites for hydroxylation is 1. The van der Waals surface area contributed by atoms with E-state index in [2.05, 4.69) is 29.9 Å². The van der Waals surface area contributed by atoms with Crippen LogP contribution >= 0.6 is 0 Å².